The molecule has 1 unspecified atom stereocenters. The van der Waals surface area contributed by atoms with E-state index in [1.165, 1.54) is 24.4 Å². The molecule has 0 radical (unpaired) electrons. The predicted octanol–water partition coefficient (Wildman–Crippen LogP) is 6.47. The van der Waals surface area contributed by atoms with Gasteiger partial charge in [0.2, 0.25) is 0 Å². The monoisotopic (exact) mass is 403 g/mol. The fourth-order valence-electron chi connectivity index (χ4n) is 2.99. The third-order valence-electron chi connectivity index (χ3n) is 5.35. The summed E-state index contributed by atoms with van der Waals surface area (Å²) in [4.78, 5) is 18.7. The van der Waals surface area contributed by atoms with Crippen molar-refractivity contribution in [2.45, 2.75) is 46.1 Å². The van der Waals surface area contributed by atoms with Crippen molar-refractivity contribution in [2.24, 2.45) is 11.1 Å². The summed E-state index contributed by atoms with van der Waals surface area (Å²) in [6, 6.07) is 13.1. The second-order valence-electron chi connectivity index (χ2n) is 7.52. The predicted molar refractivity (Wildman–Crippen MR) is 116 cm³/mol. The van der Waals surface area contributed by atoms with E-state index in [9.17, 15) is 4.79 Å². The van der Waals surface area contributed by atoms with E-state index < -0.39 is 11.0 Å². The number of ketones is 1. The Morgan fingerprint density at radius 2 is 1.58 bits per heavy atom. The normalized spacial score (nSPS) is 14.3. The molecule has 3 rings (SSSR count). The zero-order valence-corrected chi connectivity index (χ0v) is 18.1. The van der Waals surface area contributed by atoms with Crippen molar-refractivity contribution >= 4 is 39.8 Å². The molecule has 3 aromatic heterocycles. The molecule has 3 aromatic rings. The first kappa shape index (κ1) is 19.5. The third kappa shape index (κ3) is 3.86. The van der Waals surface area contributed by atoms with Gasteiger partial charge in [-0.1, -0.05) is 13.0 Å². The topological polar surface area (TPSA) is 43.1 Å². The molecule has 1 atom stereocenters. The van der Waals surface area contributed by atoms with Crippen LogP contribution in [0.15, 0.2) is 41.8 Å². The van der Waals surface area contributed by atoms with Crippen LogP contribution in [0.2, 0.25) is 0 Å². The summed E-state index contributed by atoms with van der Waals surface area (Å²) in [6.45, 7) is 7.56. The highest BCUT2D eigenvalue weighted by Gasteiger charge is 2.41. The number of carbonyl (C=O) groups is 1. The maximum Gasteiger partial charge on any atom is 0.137 e. The number of hydrogen-bond donors (Lipinski definition) is 1. The van der Waals surface area contributed by atoms with Crippen LogP contribution in [0.4, 0.5) is 0 Å². The third-order valence-corrected chi connectivity index (χ3v) is 8.84. The van der Waals surface area contributed by atoms with E-state index in [1.54, 1.807) is 18.3 Å². The molecule has 2 N–H and O–H groups in total. The summed E-state index contributed by atoms with van der Waals surface area (Å²) in [7, 11) is 0. The van der Waals surface area contributed by atoms with Crippen LogP contribution in [0.25, 0.3) is 19.5 Å². The number of Topliss-reactive ketones (excluding diaryl/α,β-unsaturated/α-hetero) is 1. The largest absolute Gasteiger partial charge is 0.325 e. The number of hydrogen-bond acceptors (Lipinski definition) is 5. The molecule has 0 spiro atoms. The molecule has 5 heteroatoms. The molecule has 0 aliphatic carbocycles. The zero-order chi connectivity index (χ0) is 18.9. The number of aryl methyl sites for hydroxylation is 1. The van der Waals surface area contributed by atoms with Gasteiger partial charge in [0.15, 0.2) is 0 Å². The van der Waals surface area contributed by atoms with Crippen molar-refractivity contribution in [2.75, 3.05) is 0 Å². The molecule has 0 aliphatic rings. The lowest BCUT2D eigenvalue weighted by Gasteiger charge is -2.39. The van der Waals surface area contributed by atoms with Crippen LogP contribution in [0.3, 0.4) is 0 Å². The lowest BCUT2D eigenvalue weighted by Crippen LogP contribution is -2.53. The van der Waals surface area contributed by atoms with Gasteiger partial charge in [0.1, 0.15) is 5.78 Å². The Morgan fingerprint density at radius 3 is 2.15 bits per heavy atom. The van der Waals surface area contributed by atoms with Crippen molar-refractivity contribution in [3.05, 3.63) is 46.7 Å². The Labute approximate surface area is 167 Å². The van der Waals surface area contributed by atoms with Crippen LogP contribution in [0.5, 0.6) is 0 Å². The Kier molecular flexibility index (Phi) is 5.54. The van der Waals surface area contributed by atoms with Gasteiger partial charge in [0.25, 0.3) is 0 Å². The van der Waals surface area contributed by atoms with E-state index in [2.05, 4.69) is 41.8 Å². The highest BCUT2D eigenvalue weighted by molar-refractivity contribution is 7.26. The average Bonchev–Trinajstić information content (AvgIpc) is 3.30. The molecule has 0 saturated carbocycles. The fraction of sp³-hybridized carbons (Fsp3) is 0.381. The Bertz CT molecular complexity index is 883. The van der Waals surface area contributed by atoms with E-state index in [1.807, 2.05) is 43.4 Å². The van der Waals surface area contributed by atoms with E-state index >= 15 is 0 Å². The van der Waals surface area contributed by atoms with Crippen LogP contribution in [0.1, 0.15) is 39.0 Å². The van der Waals surface area contributed by atoms with Gasteiger partial charge in [0, 0.05) is 35.3 Å². The minimum absolute atomic E-state index is 0.167. The summed E-state index contributed by atoms with van der Waals surface area (Å²) < 4.78 is 0. The molecule has 26 heavy (non-hydrogen) atoms. The zero-order valence-electron chi connectivity index (χ0n) is 15.7. The Morgan fingerprint density at radius 1 is 0.962 bits per heavy atom. The SMILES string of the molecule is CC(=O)C(C)(CCc1ccc(-c2ccc(-c3cccs3)s2)s1)C(C)(C)N. The summed E-state index contributed by atoms with van der Waals surface area (Å²) in [6.07, 6.45) is 1.65. The van der Waals surface area contributed by atoms with Crippen LogP contribution < -0.4 is 5.73 Å². The molecular weight excluding hydrogens is 378 g/mol. The molecule has 0 saturated heterocycles. The molecule has 0 fully saturated rings. The molecule has 3 heterocycles. The Hall–Kier alpha value is -1.27. The second-order valence-corrected chi connectivity index (χ2v) is 10.7. The standard InChI is InChI=1S/C21H25NOS3/c1-14(23)21(4,20(2,3)22)12-11-15-7-8-18(25-15)19-10-9-17(26-19)16-6-5-13-24-16/h5-10,13H,11-12,22H2,1-4H3. The quantitative estimate of drug-likeness (QED) is 0.491. The summed E-state index contributed by atoms with van der Waals surface area (Å²) in [5.41, 5.74) is 5.28. The number of carbonyl (C=O) groups excluding carboxylic acids is 1. The highest BCUT2D eigenvalue weighted by atomic mass is 32.1. The smallest absolute Gasteiger partial charge is 0.137 e. The van der Waals surface area contributed by atoms with Crippen LogP contribution in [-0.4, -0.2) is 11.3 Å². The average molecular weight is 404 g/mol. The highest BCUT2D eigenvalue weighted by Crippen LogP contribution is 2.40. The van der Waals surface area contributed by atoms with Gasteiger partial charge in [-0.15, -0.1) is 34.0 Å². The van der Waals surface area contributed by atoms with Crippen molar-refractivity contribution in [1.82, 2.24) is 0 Å². The summed E-state index contributed by atoms with van der Waals surface area (Å²) in [5, 5.41) is 2.11. The maximum atomic E-state index is 12.2. The molecule has 0 aliphatic heterocycles. The first-order valence-corrected chi connectivity index (χ1v) is 11.2. The first-order valence-electron chi connectivity index (χ1n) is 8.73. The molecule has 0 aromatic carbocycles. The molecule has 138 valence electrons. The van der Waals surface area contributed by atoms with Gasteiger partial charge in [-0.25, -0.2) is 0 Å². The number of thiophene rings is 3. The van der Waals surface area contributed by atoms with Crippen molar-refractivity contribution in [1.29, 1.82) is 0 Å². The fourth-order valence-corrected chi connectivity index (χ4v) is 5.93. The van der Waals surface area contributed by atoms with Gasteiger partial charge in [0.05, 0.1) is 0 Å². The van der Waals surface area contributed by atoms with E-state index in [-0.39, 0.29) is 5.78 Å². The molecule has 2 nitrogen and oxygen atoms in total. The van der Waals surface area contributed by atoms with Gasteiger partial charge < -0.3 is 5.73 Å². The summed E-state index contributed by atoms with van der Waals surface area (Å²) in [5.74, 6) is 0.167. The number of rotatable bonds is 7. The van der Waals surface area contributed by atoms with Gasteiger partial charge in [-0.05, 0) is 69.3 Å². The van der Waals surface area contributed by atoms with E-state index in [0.717, 1.165) is 12.8 Å². The van der Waals surface area contributed by atoms with Gasteiger partial charge in [-0.3, -0.25) is 4.79 Å². The second kappa shape index (κ2) is 7.39. The van der Waals surface area contributed by atoms with Crippen LogP contribution >= 0.6 is 34.0 Å². The van der Waals surface area contributed by atoms with E-state index in [4.69, 9.17) is 5.73 Å². The van der Waals surface area contributed by atoms with Crippen molar-refractivity contribution in [3.8, 4) is 19.5 Å². The minimum Gasteiger partial charge on any atom is -0.325 e. The maximum absolute atomic E-state index is 12.2. The van der Waals surface area contributed by atoms with E-state index in [0.29, 0.717) is 0 Å². The minimum atomic E-state index is -0.526. The van der Waals surface area contributed by atoms with Crippen LogP contribution in [0, 0.1) is 5.41 Å². The molecule has 0 amide bonds. The summed E-state index contributed by atoms with van der Waals surface area (Å²) >= 11 is 5.43. The molecule has 0 bridgehead atoms. The number of nitrogens with two attached hydrogens (primary N) is 1. The lowest BCUT2D eigenvalue weighted by molar-refractivity contribution is -0.129. The first-order chi connectivity index (χ1) is 12.2. The van der Waals surface area contributed by atoms with Gasteiger partial charge in [-0.2, -0.15) is 0 Å². The Balaban J connectivity index is 1.73. The van der Waals surface area contributed by atoms with Crippen molar-refractivity contribution < 1.29 is 4.79 Å². The van der Waals surface area contributed by atoms with Gasteiger partial charge >= 0.3 is 0 Å². The molecular formula is C21H25NOS3. The lowest BCUT2D eigenvalue weighted by atomic mass is 9.68. The van der Waals surface area contributed by atoms with Crippen molar-refractivity contribution in [3.63, 3.8) is 0 Å². The van der Waals surface area contributed by atoms with Crippen LogP contribution in [-0.2, 0) is 11.2 Å².